The van der Waals surface area contributed by atoms with E-state index in [2.05, 4.69) is 5.32 Å². The summed E-state index contributed by atoms with van der Waals surface area (Å²) in [5, 5.41) is 14.3. The average molecular weight is 307 g/mol. The van der Waals surface area contributed by atoms with Gasteiger partial charge in [0.05, 0.1) is 16.0 Å². The number of ether oxygens (including phenoxy) is 1. The Morgan fingerprint density at radius 1 is 1.24 bits per heavy atom. The summed E-state index contributed by atoms with van der Waals surface area (Å²) in [6.45, 7) is 2.53. The van der Waals surface area contributed by atoms with E-state index in [4.69, 9.17) is 16.3 Å². The van der Waals surface area contributed by atoms with Gasteiger partial charge in [0.2, 0.25) is 0 Å². The van der Waals surface area contributed by atoms with Crippen LogP contribution in [0.15, 0.2) is 36.4 Å². The molecule has 0 fully saturated rings. The number of benzene rings is 2. The van der Waals surface area contributed by atoms with Gasteiger partial charge in [0.1, 0.15) is 11.5 Å². The summed E-state index contributed by atoms with van der Waals surface area (Å²) in [7, 11) is 1.85. The Balaban J connectivity index is 2.29. The van der Waals surface area contributed by atoms with Crippen molar-refractivity contribution in [2.24, 2.45) is 0 Å². The van der Waals surface area contributed by atoms with Crippen molar-refractivity contribution in [2.45, 2.75) is 13.5 Å². The van der Waals surface area contributed by atoms with Crippen LogP contribution in [-0.2, 0) is 6.54 Å². The summed E-state index contributed by atoms with van der Waals surface area (Å²) in [4.78, 5) is 10.4. The first kappa shape index (κ1) is 15.3. The normalized spacial score (nSPS) is 10.4. The highest BCUT2D eigenvalue weighted by molar-refractivity contribution is 6.32. The highest BCUT2D eigenvalue weighted by Crippen LogP contribution is 2.33. The lowest BCUT2D eigenvalue weighted by molar-refractivity contribution is -0.384. The van der Waals surface area contributed by atoms with Gasteiger partial charge in [-0.1, -0.05) is 17.7 Å². The van der Waals surface area contributed by atoms with Crippen LogP contribution in [-0.4, -0.2) is 12.0 Å². The Labute approximate surface area is 127 Å². The SMILES string of the molecule is CNCc1ccc(Oc2cc([N+](=O)[O-])ccc2C)c(Cl)c1. The van der Waals surface area contributed by atoms with Crippen LogP contribution in [0.5, 0.6) is 11.5 Å². The molecule has 0 aliphatic carbocycles. The van der Waals surface area contributed by atoms with Crippen LogP contribution in [0.2, 0.25) is 5.02 Å². The zero-order valence-electron chi connectivity index (χ0n) is 11.7. The predicted molar refractivity (Wildman–Crippen MR) is 82.1 cm³/mol. The Morgan fingerprint density at radius 2 is 2.00 bits per heavy atom. The number of rotatable bonds is 5. The number of nitro groups is 1. The second kappa shape index (κ2) is 6.56. The molecule has 0 bridgehead atoms. The number of hydrogen-bond acceptors (Lipinski definition) is 4. The third kappa shape index (κ3) is 3.71. The summed E-state index contributed by atoms with van der Waals surface area (Å²) >= 11 is 6.18. The molecule has 0 aliphatic rings. The Bertz CT molecular complexity index is 674. The number of aryl methyl sites for hydroxylation is 1. The lowest BCUT2D eigenvalue weighted by Crippen LogP contribution is -2.04. The highest BCUT2D eigenvalue weighted by atomic mass is 35.5. The smallest absolute Gasteiger partial charge is 0.273 e. The second-order valence-electron chi connectivity index (χ2n) is 4.60. The van der Waals surface area contributed by atoms with Crippen molar-refractivity contribution in [1.82, 2.24) is 5.32 Å². The molecule has 110 valence electrons. The van der Waals surface area contributed by atoms with Gasteiger partial charge < -0.3 is 10.1 Å². The van der Waals surface area contributed by atoms with Crippen molar-refractivity contribution in [1.29, 1.82) is 0 Å². The molecule has 0 unspecified atom stereocenters. The first-order valence-electron chi connectivity index (χ1n) is 6.37. The van der Waals surface area contributed by atoms with Crippen LogP contribution in [0.4, 0.5) is 5.69 Å². The zero-order chi connectivity index (χ0) is 15.4. The third-order valence-corrected chi connectivity index (χ3v) is 3.28. The molecule has 2 rings (SSSR count). The number of non-ortho nitro benzene ring substituents is 1. The summed E-state index contributed by atoms with van der Waals surface area (Å²) in [6.07, 6.45) is 0. The van der Waals surface area contributed by atoms with Crippen LogP contribution in [0.3, 0.4) is 0 Å². The highest BCUT2D eigenvalue weighted by Gasteiger charge is 2.12. The molecule has 0 heterocycles. The Kier molecular flexibility index (Phi) is 4.77. The molecule has 2 aromatic rings. The van der Waals surface area contributed by atoms with Gasteiger partial charge in [-0.15, -0.1) is 0 Å². The maximum absolute atomic E-state index is 10.8. The monoisotopic (exact) mass is 306 g/mol. The number of nitro benzene ring substituents is 1. The minimum Gasteiger partial charge on any atom is -0.455 e. The minimum atomic E-state index is -0.454. The lowest BCUT2D eigenvalue weighted by Gasteiger charge is -2.11. The van der Waals surface area contributed by atoms with Crippen molar-refractivity contribution >= 4 is 17.3 Å². The Morgan fingerprint density at radius 3 is 2.62 bits per heavy atom. The van der Waals surface area contributed by atoms with E-state index in [-0.39, 0.29) is 5.69 Å². The van der Waals surface area contributed by atoms with E-state index in [1.54, 1.807) is 18.2 Å². The van der Waals surface area contributed by atoms with Crippen LogP contribution < -0.4 is 10.1 Å². The average Bonchev–Trinajstić information content (AvgIpc) is 2.44. The molecule has 0 atom stereocenters. The molecule has 0 amide bonds. The van der Waals surface area contributed by atoms with E-state index in [9.17, 15) is 10.1 Å². The zero-order valence-corrected chi connectivity index (χ0v) is 12.5. The minimum absolute atomic E-state index is 0.0153. The topological polar surface area (TPSA) is 64.4 Å². The van der Waals surface area contributed by atoms with Crippen LogP contribution >= 0.6 is 11.6 Å². The molecule has 0 saturated heterocycles. The predicted octanol–water partition coefficient (Wildman–Crippen LogP) is 4.07. The summed E-state index contributed by atoms with van der Waals surface area (Å²) in [5.74, 6) is 0.896. The largest absolute Gasteiger partial charge is 0.455 e. The van der Waals surface area contributed by atoms with E-state index < -0.39 is 4.92 Å². The first-order valence-corrected chi connectivity index (χ1v) is 6.75. The van der Waals surface area contributed by atoms with E-state index in [1.807, 2.05) is 20.0 Å². The number of halogens is 1. The van der Waals surface area contributed by atoms with Crippen molar-refractivity contribution in [3.8, 4) is 11.5 Å². The first-order chi connectivity index (χ1) is 10.0. The fourth-order valence-corrected chi connectivity index (χ4v) is 2.11. The standard InChI is InChI=1S/C15H15ClN2O3/c1-10-3-5-12(18(19)20)8-15(10)21-14-6-4-11(9-17-2)7-13(14)16/h3-8,17H,9H2,1-2H3. The van der Waals surface area contributed by atoms with Gasteiger partial charge in [0.25, 0.3) is 5.69 Å². The van der Waals surface area contributed by atoms with Crippen LogP contribution in [0, 0.1) is 17.0 Å². The number of nitrogens with one attached hydrogen (secondary N) is 1. The van der Waals surface area contributed by atoms with Crippen molar-refractivity contribution in [3.05, 3.63) is 62.7 Å². The van der Waals surface area contributed by atoms with Crippen LogP contribution in [0.1, 0.15) is 11.1 Å². The third-order valence-electron chi connectivity index (χ3n) is 2.98. The molecule has 0 aliphatic heterocycles. The molecular formula is C15H15ClN2O3. The van der Waals surface area contributed by atoms with Gasteiger partial charge in [-0.2, -0.15) is 0 Å². The molecule has 21 heavy (non-hydrogen) atoms. The fourth-order valence-electron chi connectivity index (χ4n) is 1.87. The van der Waals surface area contributed by atoms with Gasteiger partial charge >= 0.3 is 0 Å². The van der Waals surface area contributed by atoms with Crippen molar-refractivity contribution in [3.63, 3.8) is 0 Å². The lowest BCUT2D eigenvalue weighted by atomic mass is 10.2. The maximum atomic E-state index is 10.8. The molecule has 1 N–H and O–H groups in total. The molecule has 0 aromatic heterocycles. The van der Waals surface area contributed by atoms with Crippen molar-refractivity contribution < 1.29 is 9.66 Å². The van der Waals surface area contributed by atoms with Gasteiger partial charge in [-0.05, 0) is 43.3 Å². The molecular weight excluding hydrogens is 292 g/mol. The second-order valence-corrected chi connectivity index (χ2v) is 5.01. The summed E-state index contributed by atoms with van der Waals surface area (Å²) in [6, 6.07) is 9.95. The number of nitrogens with zero attached hydrogens (tertiary/aromatic N) is 1. The molecule has 0 radical (unpaired) electrons. The van der Waals surface area contributed by atoms with Gasteiger partial charge in [-0.25, -0.2) is 0 Å². The van der Waals surface area contributed by atoms with Gasteiger partial charge in [0, 0.05) is 12.6 Å². The van der Waals surface area contributed by atoms with E-state index in [0.717, 1.165) is 11.1 Å². The molecule has 6 heteroatoms. The van der Waals surface area contributed by atoms with E-state index >= 15 is 0 Å². The van der Waals surface area contributed by atoms with E-state index in [0.29, 0.717) is 23.1 Å². The molecule has 0 spiro atoms. The van der Waals surface area contributed by atoms with E-state index in [1.165, 1.54) is 12.1 Å². The molecule has 2 aromatic carbocycles. The molecule has 0 saturated carbocycles. The van der Waals surface area contributed by atoms with Crippen molar-refractivity contribution in [2.75, 3.05) is 7.05 Å². The molecule has 5 nitrogen and oxygen atoms in total. The quantitative estimate of drug-likeness (QED) is 0.668. The summed E-state index contributed by atoms with van der Waals surface area (Å²) < 4.78 is 5.71. The van der Waals surface area contributed by atoms with Gasteiger partial charge in [-0.3, -0.25) is 10.1 Å². The maximum Gasteiger partial charge on any atom is 0.273 e. The summed E-state index contributed by atoms with van der Waals surface area (Å²) in [5.41, 5.74) is 1.82. The van der Waals surface area contributed by atoms with Gasteiger partial charge in [0.15, 0.2) is 0 Å². The number of hydrogen-bond donors (Lipinski definition) is 1. The van der Waals surface area contributed by atoms with Crippen LogP contribution in [0.25, 0.3) is 0 Å². The Hall–Kier alpha value is -2.11. The fraction of sp³-hybridized carbons (Fsp3) is 0.200.